The van der Waals surface area contributed by atoms with E-state index in [1.165, 1.54) is 4.31 Å². The topological polar surface area (TPSA) is 86.8 Å². The third-order valence-corrected chi connectivity index (χ3v) is 9.76. The SMILES string of the molecule is CCCCCNC(=O)C(c1ccccc1)N(Cc1ccc(Cl)cc1)C(=O)CCc1ccc(S(=O)(=O)N2CCCC2)cc1. The van der Waals surface area contributed by atoms with Crippen LogP contribution in [0.15, 0.2) is 83.8 Å². The van der Waals surface area contributed by atoms with Crippen LogP contribution in [0.25, 0.3) is 0 Å². The van der Waals surface area contributed by atoms with Crippen molar-refractivity contribution < 1.29 is 18.0 Å². The molecule has 1 N–H and O–H groups in total. The molecule has 1 aliphatic heterocycles. The van der Waals surface area contributed by atoms with Crippen LogP contribution in [-0.2, 0) is 32.6 Å². The molecule has 9 heteroatoms. The molecule has 42 heavy (non-hydrogen) atoms. The lowest BCUT2D eigenvalue weighted by molar-refractivity contribution is -0.141. The van der Waals surface area contributed by atoms with Gasteiger partial charge in [0.2, 0.25) is 21.8 Å². The first kappa shape index (κ1) is 31.7. The maximum atomic E-state index is 13.9. The van der Waals surface area contributed by atoms with E-state index in [2.05, 4.69) is 12.2 Å². The number of hydrogen-bond acceptors (Lipinski definition) is 4. The van der Waals surface area contributed by atoms with Crippen molar-refractivity contribution in [2.75, 3.05) is 19.6 Å². The molecule has 0 aliphatic carbocycles. The van der Waals surface area contributed by atoms with E-state index in [1.807, 2.05) is 42.5 Å². The zero-order valence-electron chi connectivity index (χ0n) is 24.2. The molecular weight excluding hydrogens is 570 g/mol. The third-order valence-electron chi connectivity index (χ3n) is 7.60. The van der Waals surface area contributed by atoms with E-state index in [9.17, 15) is 18.0 Å². The van der Waals surface area contributed by atoms with Crippen LogP contribution in [0.2, 0.25) is 5.02 Å². The second kappa shape index (κ2) is 15.3. The number of sulfonamides is 1. The normalized spacial score (nSPS) is 14.4. The summed E-state index contributed by atoms with van der Waals surface area (Å²) in [6, 6.07) is 22.6. The van der Waals surface area contributed by atoms with E-state index >= 15 is 0 Å². The molecule has 3 aromatic carbocycles. The average molecular weight is 610 g/mol. The largest absolute Gasteiger partial charge is 0.354 e. The Balaban J connectivity index is 1.54. The smallest absolute Gasteiger partial charge is 0.247 e. The molecule has 4 rings (SSSR count). The Morgan fingerprint density at radius 2 is 1.55 bits per heavy atom. The van der Waals surface area contributed by atoms with E-state index in [0.29, 0.717) is 31.1 Å². The second-order valence-electron chi connectivity index (χ2n) is 10.7. The number of amides is 2. The number of benzene rings is 3. The standard InChI is InChI=1S/C33H40ClN3O4S/c1-2-3-7-22-35-33(39)32(28-10-5-4-6-11-28)37(25-27-12-17-29(34)18-13-27)31(38)21-16-26-14-19-30(20-15-26)42(40,41)36-23-8-9-24-36/h4-6,10-15,17-20,32H,2-3,7-9,16,21-25H2,1H3,(H,35,39). The van der Waals surface area contributed by atoms with Crippen LogP contribution in [0.3, 0.4) is 0 Å². The van der Waals surface area contributed by atoms with Gasteiger partial charge in [-0.05, 0) is 66.6 Å². The zero-order valence-corrected chi connectivity index (χ0v) is 25.7. The van der Waals surface area contributed by atoms with Crippen molar-refractivity contribution in [3.05, 3.63) is 101 Å². The molecular formula is C33H40ClN3O4S. The summed E-state index contributed by atoms with van der Waals surface area (Å²) in [6.07, 6.45) is 5.28. The highest BCUT2D eigenvalue weighted by atomic mass is 35.5. The number of halogens is 1. The number of nitrogens with one attached hydrogen (secondary N) is 1. The van der Waals surface area contributed by atoms with E-state index in [4.69, 9.17) is 11.6 Å². The fourth-order valence-corrected chi connectivity index (χ4v) is 6.84. The van der Waals surface area contributed by atoms with E-state index in [-0.39, 0.29) is 29.7 Å². The Bertz CT molecular complexity index is 1410. The summed E-state index contributed by atoms with van der Waals surface area (Å²) in [6.45, 7) is 4.01. The van der Waals surface area contributed by atoms with Crippen molar-refractivity contribution in [1.82, 2.24) is 14.5 Å². The van der Waals surface area contributed by atoms with Gasteiger partial charge in [-0.1, -0.05) is 86.0 Å². The number of nitrogens with zero attached hydrogens (tertiary/aromatic N) is 2. The van der Waals surface area contributed by atoms with Crippen molar-refractivity contribution >= 4 is 33.4 Å². The molecule has 1 atom stereocenters. The Morgan fingerprint density at radius 3 is 2.19 bits per heavy atom. The van der Waals surface area contributed by atoms with E-state index in [0.717, 1.165) is 48.8 Å². The van der Waals surface area contributed by atoms with Gasteiger partial charge in [-0.2, -0.15) is 4.31 Å². The number of rotatable bonds is 14. The van der Waals surface area contributed by atoms with Gasteiger partial charge in [-0.3, -0.25) is 9.59 Å². The molecule has 0 radical (unpaired) electrons. The maximum absolute atomic E-state index is 13.9. The van der Waals surface area contributed by atoms with Crippen LogP contribution >= 0.6 is 11.6 Å². The molecule has 0 saturated carbocycles. The molecule has 1 unspecified atom stereocenters. The number of hydrogen-bond donors (Lipinski definition) is 1. The van der Waals surface area contributed by atoms with Crippen molar-refractivity contribution in [2.24, 2.45) is 0 Å². The lowest BCUT2D eigenvalue weighted by Crippen LogP contribution is -2.43. The van der Waals surface area contributed by atoms with Crippen LogP contribution in [0.1, 0.15) is 68.2 Å². The molecule has 224 valence electrons. The molecule has 1 fully saturated rings. The lowest BCUT2D eigenvalue weighted by atomic mass is 10.0. The number of carbonyl (C=O) groups is 2. The third kappa shape index (κ3) is 8.43. The number of unbranched alkanes of at least 4 members (excludes halogenated alkanes) is 2. The van der Waals surface area contributed by atoms with Gasteiger partial charge >= 0.3 is 0 Å². The lowest BCUT2D eigenvalue weighted by Gasteiger charge is -2.32. The van der Waals surface area contributed by atoms with E-state index < -0.39 is 16.1 Å². The van der Waals surface area contributed by atoms with Gasteiger partial charge in [0.15, 0.2) is 0 Å². The van der Waals surface area contributed by atoms with Gasteiger partial charge in [0, 0.05) is 37.6 Å². The first-order valence-corrected chi connectivity index (χ1v) is 16.6. The molecule has 3 aromatic rings. The number of carbonyl (C=O) groups excluding carboxylic acids is 2. The van der Waals surface area contributed by atoms with Gasteiger partial charge < -0.3 is 10.2 Å². The predicted octanol–water partition coefficient (Wildman–Crippen LogP) is 6.13. The summed E-state index contributed by atoms with van der Waals surface area (Å²) >= 11 is 6.11. The van der Waals surface area contributed by atoms with Crippen molar-refractivity contribution in [3.63, 3.8) is 0 Å². The summed E-state index contributed by atoms with van der Waals surface area (Å²) in [7, 11) is -3.50. The fourth-order valence-electron chi connectivity index (χ4n) is 5.20. The highest BCUT2D eigenvalue weighted by molar-refractivity contribution is 7.89. The number of aryl methyl sites for hydroxylation is 1. The second-order valence-corrected chi connectivity index (χ2v) is 13.1. The molecule has 1 saturated heterocycles. The van der Waals surface area contributed by atoms with Crippen LogP contribution < -0.4 is 5.32 Å². The highest BCUT2D eigenvalue weighted by Crippen LogP contribution is 2.26. The van der Waals surface area contributed by atoms with Gasteiger partial charge in [-0.25, -0.2) is 8.42 Å². The quantitative estimate of drug-likeness (QED) is 0.223. The minimum atomic E-state index is -3.50. The summed E-state index contributed by atoms with van der Waals surface area (Å²) in [5, 5.41) is 3.65. The Morgan fingerprint density at radius 1 is 0.905 bits per heavy atom. The molecule has 1 aliphatic rings. The van der Waals surface area contributed by atoms with Crippen molar-refractivity contribution in [1.29, 1.82) is 0 Å². The molecule has 0 bridgehead atoms. The fraction of sp³-hybridized carbons (Fsp3) is 0.394. The average Bonchev–Trinajstić information content (AvgIpc) is 3.56. The first-order valence-electron chi connectivity index (χ1n) is 14.7. The Labute approximate surface area is 254 Å². The Kier molecular flexibility index (Phi) is 11.6. The van der Waals surface area contributed by atoms with Gasteiger partial charge in [0.1, 0.15) is 6.04 Å². The van der Waals surface area contributed by atoms with Gasteiger partial charge in [-0.15, -0.1) is 0 Å². The van der Waals surface area contributed by atoms with Gasteiger partial charge in [0.05, 0.1) is 4.90 Å². The Hall–Kier alpha value is -3.20. The summed E-state index contributed by atoms with van der Waals surface area (Å²) in [5.74, 6) is -0.382. The molecule has 0 aromatic heterocycles. The van der Waals surface area contributed by atoms with Crippen molar-refractivity contribution in [2.45, 2.75) is 69.4 Å². The molecule has 2 amide bonds. The minimum Gasteiger partial charge on any atom is -0.354 e. The zero-order chi connectivity index (χ0) is 30.0. The molecule has 7 nitrogen and oxygen atoms in total. The summed E-state index contributed by atoms with van der Waals surface area (Å²) in [4.78, 5) is 29.4. The first-order chi connectivity index (χ1) is 20.3. The van der Waals surface area contributed by atoms with Crippen molar-refractivity contribution in [3.8, 4) is 0 Å². The minimum absolute atomic E-state index is 0.165. The van der Waals surface area contributed by atoms with Crippen LogP contribution in [0, 0.1) is 0 Å². The summed E-state index contributed by atoms with van der Waals surface area (Å²) in [5.41, 5.74) is 2.46. The molecule has 1 heterocycles. The van der Waals surface area contributed by atoms with Crippen LogP contribution in [-0.4, -0.2) is 49.1 Å². The summed E-state index contributed by atoms with van der Waals surface area (Å²) < 4.78 is 27.3. The molecule has 0 spiro atoms. The van der Waals surface area contributed by atoms with Crippen LogP contribution in [0.4, 0.5) is 0 Å². The maximum Gasteiger partial charge on any atom is 0.247 e. The monoisotopic (exact) mass is 609 g/mol. The van der Waals surface area contributed by atoms with E-state index in [1.54, 1.807) is 41.3 Å². The van der Waals surface area contributed by atoms with Crippen LogP contribution in [0.5, 0.6) is 0 Å². The van der Waals surface area contributed by atoms with Gasteiger partial charge in [0.25, 0.3) is 0 Å². The highest BCUT2D eigenvalue weighted by Gasteiger charge is 2.31. The predicted molar refractivity (Wildman–Crippen MR) is 166 cm³/mol.